The molecule has 4 aliphatic heterocycles. The highest BCUT2D eigenvalue weighted by atomic mass is 35.6. The molecule has 1 fully saturated rings. The normalized spacial score (nSPS) is 23.8. The zero-order chi connectivity index (χ0) is 35.2. The average Bonchev–Trinajstić information content (AvgIpc) is 3.55. The van der Waals surface area contributed by atoms with E-state index in [1.807, 2.05) is 20.9 Å². The van der Waals surface area contributed by atoms with E-state index in [9.17, 15) is 10.1 Å². The van der Waals surface area contributed by atoms with Crippen LogP contribution in [0.5, 0.6) is 28.7 Å². The molecule has 1 saturated heterocycles. The number of fused-ring (bicyclic) bond motifs is 9. The first kappa shape index (κ1) is 35.5. The smallest absolute Gasteiger partial charge is 0.407 e. The zero-order valence-corrected chi connectivity index (χ0v) is 30.2. The van der Waals surface area contributed by atoms with Gasteiger partial charge in [0, 0.05) is 48.0 Å². The van der Waals surface area contributed by atoms with Gasteiger partial charge in [0.25, 0.3) is 0 Å². The lowest BCUT2D eigenvalue weighted by Gasteiger charge is -2.60. The summed E-state index contributed by atoms with van der Waals surface area (Å²) < 4.78 is 39.4. The molecule has 49 heavy (non-hydrogen) atoms. The van der Waals surface area contributed by atoms with E-state index in [0.717, 1.165) is 33.4 Å². The van der Waals surface area contributed by atoms with Crippen molar-refractivity contribution in [3.05, 3.63) is 52.1 Å². The lowest BCUT2D eigenvalue weighted by molar-refractivity contribution is -0.0731. The van der Waals surface area contributed by atoms with E-state index in [1.54, 1.807) is 20.3 Å². The summed E-state index contributed by atoms with van der Waals surface area (Å²) >= 11 is 17.5. The van der Waals surface area contributed by atoms with Gasteiger partial charge in [-0.1, -0.05) is 53.5 Å². The molecule has 264 valence electrons. The highest BCUT2D eigenvalue weighted by Gasteiger charge is 2.57. The highest BCUT2D eigenvalue weighted by molar-refractivity contribution is 6.67. The lowest BCUT2D eigenvalue weighted by atomic mass is 9.71. The van der Waals surface area contributed by atoms with Crippen molar-refractivity contribution in [2.75, 3.05) is 54.6 Å². The Balaban J connectivity index is 1.55. The molecule has 0 aliphatic carbocycles. The SMILES string of the molecule is C=CCOc1c(C)c2c(c3c1CC1[C@H]4c5c(cc(C)c(OC)c5OCOC)C[C@H]([C@H](C#N)N1[C@H]3CNC(=O)OCC(Cl)(Cl)Cl)N4C)OCO2. The first-order valence-electron chi connectivity index (χ1n) is 15.8. The van der Waals surface area contributed by atoms with Gasteiger partial charge in [-0.3, -0.25) is 9.80 Å². The number of alkyl carbamates (subject to hydrolysis) is 1. The Kier molecular flexibility index (Phi) is 10.2. The van der Waals surface area contributed by atoms with E-state index in [0.29, 0.717) is 41.6 Å². The number of hydrogen-bond acceptors (Lipinski definition) is 11. The standard InChI is InChI=1S/C34H39Cl3N4O8/c1-7-8-45-29-18(3)30-32(49-16-48-30)26-20(29)11-22-27-25-19(9-17(2)28(44-6)31(25)47-15-43-5)10-21(40(27)4)23(12-38)41(22)24(26)13-39-33(42)46-14-34(35,36)37/h7,9,21-24,27H,1,8,10-11,13-16H2,2-6H3,(H,39,42)/t21-,22?,23+,24+,27+/m1/s1. The molecule has 5 atom stereocenters. The molecule has 6 rings (SSSR count). The van der Waals surface area contributed by atoms with Gasteiger partial charge < -0.3 is 38.5 Å². The fourth-order valence-corrected chi connectivity index (χ4v) is 8.15. The van der Waals surface area contributed by atoms with Crippen LogP contribution in [0, 0.1) is 25.2 Å². The Morgan fingerprint density at radius 2 is 1.88 bits per heavy atom. The van der Waals surface area contributed by atoms with Crippen molar-refractivity contribution in [2.24, 2.45) is 0 Å². The molecule has 2 aromatic carbocycles. The van der Waals surface area contributed by atoms with E-state index in [1.165, 1.54) is 0 Å². The fourth-order valence-electron chi connectivity index (χ4n) is 7.98. The van der Waals surface area contributed by atoms with Crippen LogP contribution in [0.2, 0.25) is 0 Å². The fraction of sp³-hybridized carbons (Fsp3) is 0.529. The molecule has 4 heterocycles. The molecule has 4 aliphatic rings. The molecule has 0 saturated carbocycles. The number of nitrogens with one attached hydrogen (secondary N) is 1. The summed E-state index contributed by atoms with van der Waals surface area (Å²) in [6.45, 7) is 7.66. The Hall–Kier alpha value is -3.31. The number of nitriles is 1. The van der Waals surface area contributed by atoms with Gasteiger partial charge in [0.1, 0.15) is 25.0 Å². The molecular weight excluding hydrogens is 699 g/mol. The Labute approximate surface area is 300 Å². The summed E-state index contributed by atoms with van der Waals surface area (Å²) in [4.78, 5) is 17.4. The van der Waals surface area contributed by atoms with E-state index < -0.39 is 28.6 Å². The summed E-state index contributed by atoms with van der Waals surface area (Å²) in [6, 6.07) is 2.83. The third-order valence-electron chi connectivity index (χ3n) is 9.72. The second kappa shape index (κ2) is 14.1. The molecule has 2 bridgehead atoms. The summed E-state index contributed by atoms with van der Waals surface area (Å²) in [6.07, 6.45) is 1.96. The van der Waals surface area contributed by atoms with Crippen molar-refractivity contribution in [3.8, 4) is 34.8 Å². The maximum atomic E-state index is 13.0. The summed E-state index contributed by atoms with van der Waals surface area (Å²) in [5, 5.41) is 13.8. The predicted octanol–water partition coefficient (Wildman–Crippen LogP) is 5.46. The van der Waals surface area contributed by atoms with Crippen LogP contribution in [0.3, 0.4) is 0 Å². The number of piperazine rings is 1. The number of aryl methyl sites for hydroxylation is 1. The number of likely N-dealkylation sites (N-methyl/N-ethyl adjacent to an activating group) is 1. The third-order valence-corrected chi connectivity index (χ3v) is 10.0. The zero-order valence-electron chi connectivity index (χ0n) is 27.9. The summed E-state index contributed by atoms with van der Waals surface area (Å²) in [5.41, 5.74) is 5.43. The quantitative estimate of drug-likeness (QED) is 0.190. The van der Waals surface area contributed by atoms with Crippen LogP contribution in [0.4, 0.5) is 4.79 Å². The minimum absolute atomic E-state index is 0.0186. The topological polar surface area (TPSA) is 124 Å². The number of carbonyl (C=O) groups is 1. The van der Waals surface area contributed by atoms with Crippen LogP contribution < -0.4 is 29.0 Å². The molecule has 1 unspecified atom stereocenters. The van der Waals surface area contributed by atoms with Gasteiger partial charge in [-0.15, -0.1) is 0 Å². The van der Waals surface area contributed by atoms with Crippen LogP contribution in [0.15, 0.2) is 18.7 Å². The number of benzene rings is 2. The van der Waals surface area contributed by atoms with Crippen LogP contribution in [0.25, 0.3) is 0 Å². The molecule has 0 radical (unpaired) electrons. The molecule has 0 aromatic heterocycles. The second-order valence-electron chi connectivity index (χ2n) is 12.5. The lowest BCUT2D eigenvalue weighted by Crippen LogP contribution is -2.68. The van der Waals surface area contributed by atoms with E-state index in [2.05, 4.69) is 33.8 Å². The summed E-state index contributed by atoms with van der Waals surface area (Å²) in [7, 11) is 5.24. The van der Waals surface area contributed by atoms with Crippen molar-refractivity contribution in [3.63, 3.8) is 0 Å². The monoisotopic (exact) mass is 736 g/mol. The maximum Gasteiger partial charge on any atom is 0.407 e. The summed E-state index contributed by atoms with van der Waals surface area (Å²) in [5.74, 6) is 2.99. The van der Waals surface area contributed by atoms with Gasteiger partial charge in [0.2, 0.25) is 10.6 Å². The van der Waals surface area contributed by atoms with E-state index in [4.69, 9.17) is 68.0 Å². The van der Waals surface area contributed by atoms with Gasteiger partial charge in [-0.25, -0.2) is 4.79 Å². The van der Waals surface area contributed by atoms with Crippen molar-refractivity contribution in [1.29, 1.82) is 5.26 Å². The Bertz CT molecular complexity index is 1680. The number of hydrogen-bond donors (Lipinski definition) is 1. The molecular formula is C34H39Cl3N4O8. The second-order valence-corrected chi connectivity index (χ2v) is 15.0. The minimum Gasteiger partial charge on any atom is -0.493 e. The maximum absolute atomic E-state index is 13.0. The van der Waals surface area contributed by atoms with Crippen LogP contribution in [-0.4, -0.2) is 92.4 Å². The predicted molar refractivity (Wildman–Crippen MR) is 182 cm³/mol. The van der Waals surface area contributed by atoms with Crippen molar-refractivity contribution in [2.45, 2.75) is 60.7 Å². The first-order chi connectivity index (χ1) is 23.4. The number of carbonyl (C=O) groups excluding carboxylic acids is 1. The third kappa shape index (κ3) is 6.30. The van der Waals surface area contributed by atoms with E-state index >= 15 is 0 Å². The Morgan fingerprint density at radius 1 is 1.12 bits per heavy atom. The number of nitrogens with zero attached hydrogens (tertiary/aromatic N) is 3. The minimum atomic E-state index is -1.78. The molecule has 0 spiro atoms. The van der Waals surface area contributed by atoms with Gasteiger partial charge in [-0.2, -0.15) is 5.26 Å². The van der Waals surface area contributed by atoms with Crippen molar-refractivity contribution in [1.82, 2.24) is 15.1 Å². The van der Waals surface area contributed by atoms with Crippen LogP contribution in [-0.2, 0) is 22.3 Å². The molecule has 12 nitrogen and oxygen atoms in total. The van der Waals surface area contributed by atoms with E-state index in [-0.39, 0.29) is 44.9 Å². The number of ether oxygens (including phenoxy) is 7. The number of methoxy groups -OCH3 is 2. The first-order valence-corrected chi connectivity index (χ1v) is 17.0. The van der Waals surface area contributed by atoms with Gasteiger partial charge in [-0.05, 0) is 44.9 Å². The van der Waals surface area contributed by atoms with Crippen molar-refractivity contribution < 1.29 is 38.0 Å². The highest BCUT2D eigenvalue weighted by Crippen LogP contribution is 2.58. The molecule has 2 aromatic rings. The van der Waals surface area contributed by atoms with Gasteiger partial charge in [0.05, 0.1) is 25.3 Å². The van der Waals surface area contributed by atoms with Gasteiger partial charge in [0.15, 0.2) is 29.8 Å². The van der Waals surface area contributed by atoms with Crippen LogP contribution in [0.1, 0.15) is 45.5 Å². The number of amides is 1. The van der Waals surface area contributed by atoms with Crippen LogP contribution >= 0.6 is 34.8 Å². The largest absolute Gasteiger partial charge is 0.493 e. The number of alkyl halides is 3. The molecule has 1 amide bonds. The van der Waals surface area contributed by atoms with Gasteiger partial charge >= 0.3 is 6.09 Å². The molecule has 1 N–H and O–H groups in total. The number of rotatable bonds is 10. The Morgan fingerprint density at radius 3 is 2.55 bits per heavy atom. The number of halogens is 3. The average molecular weight is 738 g/mol. The molecule has 15 heteroatoms. The van der Waals surface area contributed by atoms with Crippen molar-refractivity contribution >= 4 is 40.9 Å².